The highest BCUT2D eigenvalue weighted by Crippen LogP contribution is 2.25. The molecule has 0 spiro atoms. The first kappa shape index (κ1) is 28.7. The fraction of sp³-hybridized carbons (Fsp3) is 0.583. The van der Waals surface area contributed by atoms with Gasteiger partial charge in [-0.1, -0.05) is 31.9 Å². The van der Waals surface area contributed by atoms with Crippen LogP contribution in [0.5, 0.6) is 5.75 Å². The van der Waals surface area contributed by atoms with E-state index >= 15 is 0 Å². The summed E-state index contributed by atoms with van der Waals surface area (Å²) < 4.78 is 5.21. The second kappa shape index (κ2) is 13.4. The second-order valence-corrected chi connectivity index (χ2v) is 8.99. The van der Waals surface area contributed by atoms with Crippen LogP contribution >= 0.6 is 0 Å². The predicted molar refractivity (Wildman–Crippen MR) is 128 cm³/mol. The number of benzene rings is 1. The van der Waals surface area contributed by atoms with Crippen LogP contribution in [-0.4, -0.2) is 58.6 Å². The molecule has 1 aromatic carbocycles. The topological polar surface area (TPSA) is 151 Å². The fourth-order valence-corrected chi connectivity index (χ4v) is 3.37. The largest absolute Gasteiger partial charge is 0.508 e. The van der Waals surface area contributed by atoms with Gasteiger partial charge in [0.2, 0.25) is 17.7 Å². The summed E-state index contributed by atoms with van der Waals surface area (Å²) in [6.45, 7) is 9.23. The van der Waals surface area contributed by atoms with Crippen LogP contribution in [0.3, 0.4) is 0 Å². The highest BCUT2D eigenvalue weighted by atomic mass is 16.6. The van der Waals surface area contributed by atoms with Crippen molar-refractivity contribution in [1.29, 1.82) is 0 Å². The minimum absolute atomic E-state index is 0.0645. The van der Waals surface area contributed by atoms with E-state index in [0.717, 1.165) is 19.3 Å². The Kier molecular flexibility index (Phi) is 11.3. The van der Waals surface area contributed by atoms with Crippen molar-refractivity contribution in [2.24, 2.45) is 5.73 Å². The molecule has 0 radical (unpaired) electrons. The molecule has 5 N–H and O–H groups in total. The molecule has 0 aliphatic rings. The molecule has 0 heterocycles. The van der Waals surface area contributed by atoms with E-state index in [2.05, 4.69) is 10.6 Å². The van der Waals surface area contributed by atoms with Gasteiger partial charge >= 0.3 is 6.09 Å². The average molecular weight is 479 g/mol. The molecule has 2 atom stereocenters. The van der Waals surface area contributed by atoms with Crippen LogP contribution in [0.2, 0.25) is 0 Å². The fourth-order valence-electron chi connectivity index (χ4n) is 3.37. The van der Waals surface area contributed by atoms with Crippen LogP contribution in [0.15, 0.2) is 24.3 Å². The number of nitrogens with two attached hydrogens (primary N) is 1. The smallest absolute Gasteiger partial charge is 0.408 e. The third-order valence-corrected chi connectivity index (χ3v) is 4.84. The zero-order valence-corrected chi connectivity index (χ0v) is 20.7. The molecular formula is C24H38N4O6. The van der Waals surface area contributed by atoms with Crippen molar-refractivity contribution in [3.8, 4) is 5.75 Å². The van der Waals surface area contributed by atoms with Gasteiger partial charge < -0.3 is 31.1 Å². The maximum Gasteiger partial charge on any atom is 0.408 e. The summed E-state index contributed by atoms with van der Waals surface area (Å²) in [5.41, 5.74) is 4.89. The average Bonchev–Trinajstić information content (AvgIpc) is 2.72. The summed E-state index contributed by atoms with van der Waals surface area (Å²) in [6.07, 6.45) is 1.34. The third kappa shape index (κ3) is 9.68. The van der Waals surface area contributed by atoms with Gasteiger partial charge in [-0.05, 0) is 51.8 Å². The maximum absolute atomic E-state index is 13.5. The number of nitrogens with zero attached hydrogens (tertiary/aromatic N) is 1. The highest BCUT2D eigenvalue weighted by molar-refractivity contribution is 5.94. The third-order valence-electron chi connectivity index (χ3n) is 4.84. The molecular weight excluding hydrogens is 440 g/mol. The lowest BCUT2D eigenvalue weighted by Gasteiger charge is -2.33. The number of nitrogens with one attached hydrogen (secondary N) is 2. The lowest BCUT2D eigenvalue weighted by Crippen LogP contribution is -2.54. The van der Waals surface area contributed by atoms with E-state index in [1.165, 1.54) is 17.0 Å². The number of rotatable bonds is 12. The van der Waals surface area contributed by atoms with Crippen molar-refractivity contribution in [3.63, 3.8) is 0 Å². The van der Waals surface area contributed by atoms with Crippen LogP contribution in [0.4, 0.5) is 4.79 Å². The number of alkyl carbamates (subject to hydrolysis) is 1. The van der Waals surface area contributed by atoms with Crippen molar-refractivity contribution < 1.29 is 29.0 Å². The zero-order valence-electron chi connectivity index (χ0n) is 20.7. The first-order valence-corrected chi connectivity index (χ1v) is 11.5. The number of carbonyl (C=O) groups is 4. The van der Waals surface area contributed by atoms with Gasteiger partial charge in [-0.15, -0.1) is 0 Å². The number of phenolic OH excluding ortho intramolecular Hbond substituents is 1. The maximum atomic E-state index is 13.5. The van der Waals surface area contributed by atoms with Crippen LogP contribution < -0.4 is 16.4 Å². The quantitative estimate of drug-likeness (QED) is 0.339. The standard InChI is InChI=1S/C24H38N4O6/c1-6-8-9-13-26-21(31)20(16-11-10-12-17(29)14-16)28(7-2)22(32)18(15-19(25)30)27-23(33)34-24(3,4)5/h10-12,14,18,20,29H,6-9,13,15H2,1-5H3,(H2,25,30)(H,26,31)(H,27,33). The molecule has 0 aliphatic heterocycles. The molecule has 0 aromatic heterocycles. The minimum atomic E-state index is -1.33. The van der Waals surface area contributed by atoms with Crippen LogP contribution in [-0.2, 0) is 19.1 Å². The summed E-state index contributed by atoms with van der Waals surface area (Å²) in [4.78, 5) is 51.9. The number of primary amides is 1. The summed E-state index contributed by atoms with van der Waals surface area (Å²) >= 11 is 0. The molecule has 34 heavy (non-hydrogen) atoms. The van der Waals surface area contributed by atoms with Crippen molar-refractivity contribution in [2.75, 3.05) is 13.1 Å². The first-order valence-electron chi connectivity index (χ1n) is 11.5. The van der Waals surface area contributed by atoms with Crippen LogP contribution in [0, 0.1) is 0 Å². The van der Waals surface area contributed by atoms with E-state index in [-0.39, 0.29) is 12.3 Å². The van der Waals surface area contributed by atoms with Gasteiger partial charge in [-0.25, -0.2) is 4.79 Å². The SMILES string of the molecule is CCCCCNC(=O)C(c1cccc(O)c1)N(CC)C(=O)C(CC(N)=O)NC(=O)OC(C)(C)C. The van der Waals surface area contributed by atoms with Crippen LogP contribution in [0.1, 0.15) is 71.9 Å². The van der Waals surface area contributed by atoms with Gasteiger partial charge in [0.25, 0.3) is 0 Å². The number of phenols is 1. The number of aromatic hydroxyl groups is 1. The molecule has 1 rings (SSSR count). The van der Waals surface area contributed by atoms with Gasteiger partial charge in [0.1, 0.15) is 23.4 Å². The summed E-state index contributed by atoms with van der Waals surface area (Å²) in [5.74, 6) is -1.98. The van der Waals surface area contributed by atoms with Gasteiger partial charge in [0.05, 0.1) is 6.42 Å². The molecule has 0 saturated heterocycles. The minimum Gasteiger partial charge on any atom is -0.508 e. The summed E-state index contributed by atoms with van der Waals surface area (Å²) in [5, 5.41) is 15.2. The molecule has 4 amide bonds. The Morgan fingerprint density at radius 3 is 2.35 bits per heavy atom. The van der Waals surface area contributed by atoms with Gasteiger partial charge in [-0.2, -0.15) is 0 Å². The zero-order chi connectivity index (χ0) is 25.9. The van der Waals surface area contributed by atoms with Gasteiger partial charge in [-0.3, -0.25) is 14.4 Å². The Morgan fingerprint density at radius 2 is 1.82 bits per heavy atom. The van der Waals surface area contributed by atoms with Crippen molar-refractivity contribution in [3.05, 3.63) is 29.8 Å². The summed E-state index contributed by atoms with van der Waals surface area (Å²) in [7, 11) is 0. The number of unbranched alkanes of at least 4 members (excludes halogenated alkanes) is 2. The van der Waals surface area contributed by atoms with E-state index in [1.807, 2.05) is 6.92 Å². The molecule has 0 aliphatic carbocycles. The molecule has 10 nitrogen and oxygen atoms in total. The number of likely N-dealkylation sites (N-methyl/N-ethyl adjacent to an activating group) is 1. The normalized spacial score (nSPS) is 12.9. The number of hydrogen-bond donors (Lipinski definition) is 4. The Balaban J connectivity index is 3.28. The number of ether oxygens (including phenoxy) is 1. The molecule has 0 fully saturated rings. The summed E-state index contributed by atoms with van der Waals surface area (Å²) in [6, 6.07) is 3.62. The number of amides is 4. The number of carbonyl (C=O) groups excluding carboxylic acids is 4. The van der Waals surface area contributed by atoms with Crippen molar-refractivity contribution >= 4 is 23.8 Å². The highest BCUT2D eigenvalue weighted by Gasteiger charge is 2.36. The van der Waals surface area contributed by atoms with E-state index < -0.39 is 47.9 Å². The lowest BCUT2D eigenvalue weighted by atomic mass is 10.0. The molecule has 10 heteroatoms. The Labute approximate surface area is 201 Å². The second-order valence-electron chi connectivity index (χ2n) is 8.99. The predicted octanol–water partition coefficient (Wildman–Crippen LogP) is 2.36. The van der Waals surface area contributed by atoms with Crippen molar-refractivity contribution in [1.82, 2.24) is 15.5 Å². The van der Waals surface area contributed by atoms with E-state index in [9.17, 15) is 24.3 Å². The Hall–Kier alpha value is -3.30. The molecule has 0 saturated carbocycles. The van der Waals surface area contributed by atoms with Gasteiger partial charge in [0.15, 0.2) is 0 Å². The molecule has 0 bridgehead atoms. The Bertz CT molecular complexity index is 852. The molecule has 2 unspecified atom stereocenters. The Morgan fingerprint density at radius 1 is 1.15 bits per heavy atom. The van der Waals surface area contributed by atoms with E-state index in [0.29, 0.717) is 12.1 Å². The van der Waals surface area contributed by atoms with Gasteiger partial charge in [0, 0.05) is 13.1 Å². The lowest BCUT2D eigenvalue weighted by molar-refractivity contribution is -0.143. The van der Waals surface area contributed by atoms with Crippen LogP contribution in [0.25, 0.3) is 0 Å². The molecule has 190 valence electrons. The van der Waals surface area contributed by atoms with Crippen molar-refractivity contribution in [2.45, 2.75) is 78.0 Å². The molecule has 1 aromatic rings. The monoisotopic (exact) mass is 478 g/mol. The number of hydrogen-bond acceptors (Lipinski definition) is 6. The van der Waals surface area contributed by atoms with E-state index in [1.54, 1.807) is 39.8 Å². The first-order chi connectivity index (χ1) is 15.9. The van der Waals surface area contributed by atoms with E-state index in [4.69, 9.17) is 10.5 Å².